The van der Waals surface area contributed by atoms with Crippen LogP contribution < -0.4 is 5.73 Å². The normalized spacial score (nSPS) is 13.9. The average molecular weight is 228 g/mol. The van der Waals surface area contributed by atoms with E-state index in [0.29, 0.717) is 0 Å². The van der Waals surface area contributed by atoms with Crippen LogP contribution in [0.5, 0.6) is 0 Å². The van der Waals surface area contributed by atoms with Crippen LogP contribution in [0.1, 0.15) is 38.8 Å². The Morgan fingerprint density at radius 2 is 2.00 bits per heavy atom. The molecule has 2 aromatic rings. The van der Waals surface area contributed by atoms with E-state index in [1.54, 1.807) is 0 Å². The summed E-state index contributed by atoms with van der Waals surface area (Å²) in [6, 6.07) is 8.39. The van der Waals surface area contributed by atoms with Crippen LogP contribution in [0.15, 0.2) is 36.7 Å². The zero-order chi connectivity index (χ0) is 12.5. The van der Waals surface area contributed by atoms with E-state index in [1.165, 1.54) is 16.3 Å². The van der Waals surface area contributed by atoms with Crippen LogP contribution in [0, 0.1) is 5.41 Å². The van der Waals surface area contributed by atoms with Gasteiger partial charge in [-0.05, 0) is 28.9 Å². The van der Waals surface area contributed by atoms with Gasteiger partial charge < -0.3 is 5.73 Å². The van der Waals surface area contributed by atoms with Crippen molar-refractivity contribution in [3.05, 3.63) is 42.2 Å². The molecule has 1 aromatic heterocycles. The first kappa shape index (κ1) is 12.1. The van der Waals surface area contributed by atoms with E-state index in [-0.39, 0.29) is 11.5 Å². The summed E-state index contributed by atoms with van der Waals surface area (Å²) in [4.78, 5) is 4.20. The highest BCUT2D eigenvalue weighted by atomic mass is 14.7. The lowest BCUT2D eigenvalue weighted by Crippen LogP contribution is -2.19. The minimum absolute atomic E-state index is 0.0721. The molecule has 0 aliphatic rings. The summed E-state index contributed by atoms with van der Waals surface area (Å²) in [5.41, 5.74) is 7.76. The molecule has 0 spiro atoms. The lowest BCUT2D eigenvalue weighted by Gasteiger charge is -2.24. The summed E-state index contributed by atoms with van der Waals surface area (Å²) in [6.45, 7) is 6.66. The van der Waals surface area contributed by atoms with Crippen molar-refractivity contribution in [1.29, 1.82) is 0 Å². The van der Waals surface area contributed by atoms with Crippen LogP contribution in [0.25, 0.3) is 10.8 Å². The minimum atomic E-state index is 0.0721. The van der Waals surface area contributed by atoms with E-state index in [1.807, 2.05) is 18.5 Å². The minimum Gasteiger partial charge on any atom is -0.324 e. The molecule has 0 amide bonds. The second-order valence-corrected chi connectivity index (χ2v) is 5.82. The number of rotatable bonds is 2. The maximum absolute atomic E-state index is 6.32. The highest BCUT2D eigenvalue weighted by molar-refractivity contribution is 5.85. The van der Waals surface area contributed by atoms with Crippen LogP contribution in [0.4, 0.5) is 0 Å². The number of aromatic nitrogens is 1. The van der Waals surface area contributed by atoms with Gasteiger partial charge in [-0.15, -0.1) is 0 Å². The van der Waals surface area contributed by atoms with Crippen molar-refractivity contribution in [2.75, 3.05) is 0 Å². The van der Waals surface area contributed by atoms with E-state index in [2.05, 4.69) is 44.0 Å². The smallest absolute Gasteiger partial charge is 0.0349 e. The molecule has 2 heteroatoms. The zero-order valence-corrected chi connectivity index (χ0v) is 10.8. The molecule has 1 aromatic carbocycles. The van der Waals surface area contributed by atoms with Gasteiger partial charge in [-0.3, -0.25) is 4.98 Å². The molecule has 2 N–H and O–H groups in total. The number of hydrogen-bond donors (Lipinski definition) is 1. The maximum Gasteiger partial charge on any atom is 0.0349 e. The summed E-state index contributed by atoms with van der Waals surface area (Å²) >= 11 is 0. The standard InChI is InChI=1S/C15H20N2/c1-15(2,3)9-14(16)12-6-4-5-11-7-8-17-10-13(11)12/h4-8,10,14H,9,16H2,1-3H3. The Morgan fingerprint density at radius 1 is 1.24 bits per heavy atom. The fraction of sp³-hybridized carbons (Fsp3) is 0.400. The molecule has 0 saturated carbocycles. The first-order valence-electron chi connectivity index (χ1n) is 6.05. The van der Waals surface area contributed by atoms with E-state index in [9.17, 15) is 0 Å². The molecule has 0 bridgehead atoms. The second kappa shape index (κ2) is 4.46. The van der Waals surface area contributed by atoms with Crippen molar-refractivity contribution in [3.8, 4) is 0 Å². The SMILES string of the molecule is CC(C)(C)CC(N)c1cccc2ccncc12. The Bertz CT molecular complexity index is 506. The number of hydrogen-bond acceptors (Lipinski definition) is 2. The quantitative estimate of drug-likeness (QED) is 0.851. The zero-order valence-electron chi connectivity index (χ0n) is 10.8. The van der Waals surface area contributed by atoms with Gasteiger partial charge in [-0.2, -0.15) is 0 Å². The molecule has 17 heavy (non-hydrogen) atoms. The Morgan fingerprint density at radius 3 is 2.71 bits per heavy atom. The predicted molar refractivity (Wildman–Crippen MR) is 72.7 cm³/mol. The summed E-state index contributed by atoms with van der Waals surface area (Å²) in [5.74, 6) is 0. The van der Waals surface area contributed by atoms with Crippen molar-refractivity contribution >= 4 is 10.8 Å². The molecular formula is C15H20N2. The third-order valence-corrected chi connectivity index (χ3v) is 2.95. The molecular weight excluding hydrogens is 208 g/mol. The van der Waals surface area contributed by atoms with Crippen molar-refractivity contribution in [2.45, 2.75) is 33.2 Å². The van der Waals surface area contributed by atoms with Gasteiger partial charge in [0.2, 0.25) is 0 Å². The van der Waals surface area contributed by atoms with Gasteiger partial charge in [0.25, 0.3) is 0 Å². The van der Waals surface area contributed by atoms with Gasteiger partial charge in [-0.1, -0.05) is 39.0 Å². The van der Waals surface area contributed by atoms with Gasteiger partial charge in [0.1, 0.15) is 0 Å². The fourth-order valence-electron chi connectivity index (χ4n) is 2.23. The predicted octanol–water partition coefficient (Wildman–Crippen LogP) is 3.67. The molecule has 1 unspecified atom stereocenters. The van der Waals surface area contributed by atoms with Gasteiger partial charge in [0.05, 0.1) is 0 Å². The summed E-state index contributed by atoms with van der Waals surface area (Å²) in [6.07, 6.45) is 4.70. The van der Waals surface area contributed by atoms with Crippen molar-refractivity contribution in [1.82, 2.24) is 4.98 Å². The van der Waals surface area contributed by atoms with Crippen LogP contribution in [0.2, 0.25) is 0 Å². The summed E-state index contributed by atoms with van der Waals surface area (Å²) in [5, 5.41) is 2.38. The molecule has 0 fully saturated rings. The van der Waals surface area contributed by atoms with E-state index in [4.69, 9.17) is 5.73 Å². The van der Waals surface area contributed by atoms with Crippen molar-refractivity contribution < 1.29 is 0 Å². The topological polar surface area (TPSA) is 38.9 Å². The Kier molecular flexibility index (Phi) is 3.16. The van der Waals surface area contributed by atoms with E-state index < -0.39 is 0 Å². The van der Waals surface area contributed by atoms with Crippen LogP contribution in [-0.2, 0) is 0 Å². The monoisotopic (exact) mass is 228 g/mol. The van der Waals surface area contributed by atoms with Gasteiger partial charge in [-0.25, -0.2) is 0 Å². The second-order valence-electron chi connectivity index (χ2n) is 5.82. The number of nitrogens with zero attached hydrogens (tertiary/aromatic N) is 1. The van der Waals surface area contributed by atoms with E-state index in [0.717, 1.165) is 6.42 Å². The average Bonchev–Trinajstić information content (AvgIpc) is 2.26. The molecule has 0 aliphatic heterocycles. The number of nitrogens with two attached hydrogens (primary N) is 1. The number of benzene rings is 1. The van der Waals surface area contributed by atoms with Gasteiger partial charge >= 0.3 is 0 Å². The van der Waals surface area contributed by atoms with Crippen LogP contribution >= 0.6 is 0 Å². The Labute approximate surface area is 103 Å². The lowest BCUT2D eigenvalue weighted by atomic mass is 9.85. The van der Waals surface area contributed by atoms with Crippen molar-refractivity contribution in [2.24, 2.45) is 11.1 Å². The lowest BCUT2D eigenvalue weighted by molar-refractivity contribution is 0.343. The van der Waals surface area contributed by atoms with Crippen LogP contribution in [-0.4, -0.2) is 4.98 Å². The summed E-state index contributed by atoms with van der Waals surface area (Å²) < 4.78 is 0. The number of pyridine rings is 1. The van der Waals surface area contributed by atoms with Gasteiger partial charge in [0, 0.05) is 23.8 Å². The maximum atomic E-state index is 6.32. The first-order valence-corrected chi connectivity index (χ1v) is 6.05. The summed E-state index contributed by atoms with van der Waals surface area (Å²) in [7, 11) is 0. The first-order chi connectivity index (χ1) is 7.97. The molecule has 90 valence electrons. The molecule has 2 rings (SSSR count). The largest absolute Gasteiger partial charge is 0.324 e. The Balaban J connectivity index is 2.41. The molecule has 0 aliphatic carbocycles. The number of fused-ring (bicyclic) bond motifs is 1. The molecule has 0 saturated heterocycles. The highest BCUT2D eigenvalue weighted by Crippen LogP contribution is 2.31. The Hall–Kier alpha value is -1.41. The van der Waals surface area contributed by atoms with Crippen LogP contribution in [0.3, 0.4) is 0 Å². The highest BCUT2D eigenvalue weighted by Gasteiger charge is 2.18. The van der Waals surface area contributed by atoms with Gasteiger partial charge in [0.15, 0.2) is 0 Å². The molecule has 2 nitrogen and oxygen atoms in total. The molecule has 1 atom stereocenters. The molecule has 0 radical (unpaired) electrons. The third kappa shape index (κ3) is 2.83. The van der Waals surface area contributed by atoms with E-state index >= 15 is 0 Å². The molecule has 1 heterocycles. The fourth-order valence-corrected chi connectivity index (χ4v) is 2.23. The van der Waals surface area contributed by atoms with Crippen molar-refractivity contribution in [3.63, 3.8) is 0 Å². The third-order valence-electron chi connectivity index (χ3n) is 2.95.